The third kappa shape index (κ3) is 9.90. The van der Waals surface area contributed by atoms with E-state index < -0.39 is 10.0 Å². The Morgan fingerprint density at radius 3 is 2.77 bits per heavy atom. The van der Waals surface area contributed by atoms with Crippen molar-refractivity contribution in [3.8, 4) is 0 Å². The van der Waals surface area contributed by atoms with E-state index in [-0.39, 0.29) is 29.7 Å². The second-order valence-corrected chi connectivity index (χ2v) is 6.51. The van der Waals surface area contributed by atoms with Crippen LogP contribution in [-0.2, 0) is 16.4 Å². The maximum absolute atomic E-state index is 11.2. The first-order valence-electron chi connectivity index (χ1n) is 6.94. The highest BCUT2D eigenvalue weighted by atomic mass is 127. The molecule has 1 heterocycles. The summed E-state index contributed by atoms with van der Waals surface area (Å²) in [6, 6.07) is 5.77. The van der Waals surface area contributed by atoms with Gasteiger partial charge >= 0.3 is 0 Å². The summed E-state index contributed by atoms with van der Waals surface area (Å²) in [5, 5.41) is 3.00. The molecule has 0 bridgehead atoms. The van der Waals surface area contributed by atoms with E-state index in [2.05, 4.69) is 20.0 Å². The van der Waals surface area contributed by atoms with Gasteiger partial charge in [0.2, 0.25) is 10.0 Å². The molecule has 9 heteroatoms. The van der Waals surface area contributed by atoms with Crippen molar-refractivity contribution in [1.29, 1.82) is 0 Å². The van der Waals surface area contributed by atoms with E-state index in [0.29, 0.717) is 32.0 Å². The van der Waals surface area contributed by atoms with E-state index in [1.54, 1.807) is 13.1 Å². The highest BCUT2D eigenvalue weighted by Crippen LogP contribution is 1.92. The molecule has 0 radical (unpaired) electrons. The van der Waals surface area contributed by atoms with Crippen LogP contribution in [0.1, 0.15) is 19.0 Å². The van der Waals surface area contributed by atoms with E-state index in [9.17, 15) is 8.42 Å². The zero-order chi connectivity index (χ0) is 15.6. The van der Waals surface area contributed by atoms with Crippen LogP contribution in [0.25, 0.3) is 0 Å². The average molecular weight is 441 g/mol. The van der Waals surface area contributed by atoms with Crippen molar-refractivity contribution < 1.29 is 8.42 Å². The van der Waals surface area contributed by atoms with Crippen LogP contribution >= 0.6 is 24.0 Å². The zero-order valence-electron chi connectivity index (χ0n) is 12.7. The molecule has 0 amide bonds. The van der Waals surface area contributed by atoms with Gasteiger partial charge in [0.05, 0.1) is 5.75 Å². The Morgan fingerprint density at radius 2 is 2.14 bits per heavy atom. The number of aliphatic imine (C=N–C) groups is 1. The number of pyridine rings is 1. The maximum atomic E-state index is 11.2. The van der Waals surface area contributed by atoms with Gasteiger partial charge in [-0.2, -0.15) is 0 Å². The molecule has 0 aliphatic carbocycles. The third-order valence-corrected chi connectivity index (χ3v) is 4.14. The van der Waals surface area contributed by atoms with Crippen LogP contribution in [0.3, 0.4) is 0 Å². The minimum absolute atomic E-state index is 0. The number of guanidine groups is 1. The lowest BCUT2D eigenvalue weighted by Gasteiger charge is -2.06. The molecule has 0 spiro atoms. The fourth-order valence-corrected chi connectivity index (χ4v) is 2.19. The van der Waals surface area contributed by atoms with Crippen LogP contribution in [0.15, 0.2) is 29.4 Å². The van der Waals surface area contributed by atoms with Crippen molar-refractivity contribution in [1.82, 2.24) is 15.0 Å². The zero-order valence-corrected chi connectivity index (χ0v) is 15.8. The molecule has 0 aromatic carbocycles. The highest BCUT2D eigenvalue weighted by Gasteiger charge is 2.03. The quantitative estimate of drug-likeness (QED) is 0.224. The molecule has 22 heavy (non-hydrogen) atoms. The summed E-state index contributed by atoms with van der Waals surface area (Å²) in [4.78, 5) is 8.34. The van der Waals surface area contributed by atoms with Crippen LogP contribution in [0.2, 0.25) is 0 Å². The molecule has 0 fully saturated rings. The summed E-state index contributed by atoms with van der Waals surface area (Å²) in [7, 11) is -3.12. The van der Waals surface area contributed by atoms with Crippen LogP contribution in [0.4, 0.5) is 0 Å². The molecular weight excluding hydrogens is 417 g/mol. The molecule has 0 aliphatic heterocycles. The summed E-state index contributed by atoms with van der Waals surface area (Å²) in [5.74, 6) is 0.456. The SMILES string of the molecule is CCS(=O)(=O)NCCCN=C(N)NCCc1ccccn1.I. The summed E-state index contributed by atoms with van der Waals surface area (Å²) < 4.78 is 24.8. The smallest absolute Gasteiger partial charge is 0.211 e. The lowest BCUT2D eigenvalue weighted by atomic mass is 10.3. The molecule has 0 atom stereocenters. The Hall–Kier alpha value is -0.940. The van der Waals surface area contributed by atoms with E-state index in [4.69, 9.17) is 5.73 Å². The topological polar surface area (TPSA) is 109 Å². The summed E-state index contributed by atoms with van der Waals surface area (Å²) in [5.41, 5.74) is 6.70. The summed E-state index contributed by atoms with van der Waals surface area (Å²) >= 11 is 0. The molecule has 126 valence electrons. The Morgan fingerprint density at radius 1 is 1.36 bits per heavy atom. The first-order chi connectivity index (χ1) is 10.0. The maximum Gasteiger partial charge on any atom is 0.211 e. The normalized spacial score (nSPS) is 11.8. The van der Waals surface area contributed by atoms with Crippen LogP contribution < -0.4 is 15.8 Å². The monoisotopic (exact) mass is 441 g/mol. The number of sulfonamides is 1. The lowest BCUT2D eigenvalue weighted by molar-refractivity contribution is 0.581. The Bertz CT molecular complexity index is 537. The van der Waals surface area contributed by atoms with Gasteiger partial charge in [-0.15, -0.1) is 24.0 Å². The first-order valence-corrected chi connectivity index (χ1v) is 8.60. The van der Waals surface area contributed by atoms with Crippen molar-refractivity contribution in [2.24, 2.45) is 10.7 Å². The first kappa shape index (κ1) is 21.1. The van der Waals surface area contributed by atoms with Gasteiger partial charge in [-0.05, 0) is 25.5 Å². The van der Waals surface area contributed by atoms with Crippen molar-refractivity contribution in [3.05, 3.63) is 30.1 Å². The average Bonchev–Trinajstić information content (AvgIpc) is 2.48. The fourth-order valence-electron chi connectivity index (χ4n) is 1.53. The molecule has 0 aliphatic rings. The lowest BCUT2D eigenvalue weighted by Crippen LogP contribution is -2.33. The van der Waals surface area contributed by atoms with E-state index in [0.717, 1.165) is 12.1 Å². The van der Waals surface area contributed by atoms with Gasteiger partial charge in [-0.1, -0.05) is 6.07 Å². The second kappa shape index (κ2) is 11.6. The Balaban J connectivity index is 0.00000441. The summed E-state index contributed by atoms with van der Waals surface area (Å²) in [6.45, 7) is 3.12. The van der Waals surface area contributed by atoms with E-state index >= 15 is 0 Å². The predicted molar refractivity (Wildman–Crippen MR) is 99.9 cm³/mol. The number of halogens is 1. The van der Waals surface area contributed by atoms with Crippen molar-refractivity contribution in [2.75, 3.05) is 25.4 Å². The fraction of sp³-hybridized carbons (Fsp3) is 0.538. The van der Waals surface area contributed by atoms with Gasteiger partial charge in [0, 0.05) is 37.9 Å². The van der Waals surface area contributed by atoms with Crippen LogP contribution in [0.5, 0.6) is 0 Å². The molecule has 1 aromatic rings. The highest BCUT2D eigenvalue weighted by molar-refractivity contribution is 14.0. The molecule has 0 saturated carbocycles. The van der Waals surface area contributed by atoms with Crippen molar-refractivity contribution in [2.45, 2.75) is 19.8 Å². The minimum atomic E-state index is -3.12. The molecule has 0 saturated heterocycles. The van der Waals surface area contributed by atoms with Gasteiger partial charge in [-0.25, -0.2) is 13.1 Å². The number of hydrogen-bond donors (Lipinski definition) is 3. The molecule has 0 unspecified atom stereocenters. The predicted octanol–water partition coefficient (Wildman–Crippen LogP) is 0.476. The largest absolute Gasteiger partial charge is 0.370 e. The number of rotatable bonds is 9. The number of nitrogens with zero attached hydrogens (tertiary/aromatic N) is 2. The molecule has 7 nitrogen and oxygen atoms in total. The minimum Gasteiger partial charge on any atom is -0.370 e. The van der Waals surface area contributed by atoms with Gasteiger partial charge in [0.25, 0.3) is 0 Å². The van der Waals surface area contributed by atoms with Crippen LogP contribution in [0, 0.1) is 0 Å². The Labute approximate surface area is 149 Å². The van der Waals surface area contributed by atoms with Gasteiger partial charge in [-0.3, -0.25) is 9.98 Å². The van der Waals surface area contributed by atoms with Crippen molar-refractivity contribution >= 4 is 40.0 Å². The molecule has 1 aromatic heterocycles. The third-order valence-electron chi connectivity index (χ3n) is 2.73. The van der Waals surface area contributed by atoms with E-state index in [1.807, 2.05) is 18.2 Å². The number of hydrogen-bond acceptors (Lipinski definition) is 4. The second-order valence-electron chi connectivity index (χ2n) is 4.42. The number of nitrogens with one attached hydrogen (secondary N) is 2. The van der Waals surface area contributed by atoms with Crippen molar-refractivity contribution in [3.63, 3.8) is 0 Å². The Kier molecular flexibility index (Phi) is 11.1. The number of aromatic nitrogens is 1. The van der Waals surface area contributed by atoms with Gasteiger partial charge in [0.15, 0.2) is 5.96 Å². The molecule has 4 N–H and O–H groups in total. The summed E-state index contributed by atoms with van der Waals surface area (Å²) in [6.07, 6.45) is 3.14. The van der Waals surface area contributed by atoms with Crippen LogP contribution in [-0.4, -0.2) is 44.7 Å². The van der Waals surface area contributed by atoms with Gasteiger partial charge < -0.3 is 11.1 Å². The number of nitrogens with two attached hydrogens (primary N) is 1. The molecule has 1 rings (SSSR count). The van der Waals surface area contributed by atoms with Gasteiger partial charge in [0.1, 0.15) is 0 Å². The standard InChI is InChI=1S/C13H23N5O2S.HI/c1-2-21(19,20)18-10-5-9-16-13(14)17-11-7-12-6-3-4-8-15-12;/h3-4,6,8,18H,2,5,7,9-11H2,1H3,(H3,14,16,17);1H. The van der Waals surface area contributed by atoms with E-state index in [1.165, 1.54) is 0 Å². The molecular formula is C13H24IN5O2S.